The summed E-state index contributed by atoms with van der Waals surface area (Å²) in [5.74, 6) is 1.32. The second-order valence-electron chi connectivity index (χ2n) is 7.56. The minimum Gasteiger partial charge on any atom is -0.337 e. The summed E-state index contributed by atoms with van der Waals surface area (Å²) in [4.78, 5) is 21.2. The molecule has 0 radical (unpaired) electrons. The highest BCUT2D eigenvalue weighted by atomic mass is 16.5. The Bertz CT molecular complexity index is 592. The van der Waals surface area contributed by atoms with Crippen molar-refractivity contribution < 1.29 is 9.32 Å². The van der Waals surface area contributed by atoms with Crippen molar-refractivity contribution in [2.75, 3.05) is 19.6 Å². The van der Waals surface area contributed by atoms with Gasteiger partial charge in [-0.05, 0) is 58.0 Å². The Morgan fingerprint density at radius 2 is 1.96 bits per heavy atom. The smallest absolute Gasteiger partial charge is 0.246 e. The van der Waals surface area contributed by atoms with E-state index in [-0.39, 0.29) is 17.5 Å². The molecular weight excluding hydrogens is 306 g/mol. The first kappa shape index (κ1) is 16.0. The Morgan fingerprint density at radius 1 is 1.17 bits per heavy atom. The molecule has 0 saturated carbocycles. The lowest BCUT2D eigenvalue weighted by atomic mass is 9.90. The molecule has 1 atom stereocenters. The predicted octanol–water partition coefficient (Wildman–Crippen LogP) is 1.08. The van der Waals surface area contributed by atoms with Gasteiger partial charge in [0.05, 0.1) is 6.04 Å². The fourth-order valence-corrected chi connectivity index (χ4v) is 4.69. The molecule has 4 heterocycles. The SMILES string of the molecule is NC1CCCCN(Cc2nc(CC34CCCN3CCC4)no2)C1=O. The van der Waals surface area contributed by atoms with E-state index in [1.807, 2.05) is 0 Å². The van der Waals surface area contributed by atoms with Gasteiger partial charge in [-0.3, -0.25) is 9.69 Å². The number of nitrogens with zero attached hydrogens (tertiary/aromatic N) is 4. The molecule has 0 bridgehead atoms. The Morgan fingerprint density at radius 3 is 2.75 bits per heavy atom. The van der Waals surface area contributed by atoms with Crippen molar-refractivity contribution in [1.82, 2.24) is 19.9 Å². The first-order chi connectivity index (χ1) is 11.7. The zero-order valence-electron chi connectivity index (χ0n) is 14.2. The zero-order chi connectivity index (χ0) is 16.6. The maximum Gasteiger partial charge on any atom is 0.246 e. The van der Waals surface area contributed by atoms with Crippen LogP contribution in [0.15, 0.2) is 4.52 Å². The molecule has 7 nitrogen and oxygen atoms in total. The van der Waals surface area contributed by atoms with Crippen LogP contribution in [0.2, 0.25) is 0 Å². The maximum absolute atomic E-state index is 12.3. The first-order valence-corrected chi connectivity index (χ1v) is 9.27. The van der Waals surface area contributed by atoms with Crippen molar-refractivity contribution in [3.05, 3.63) is 11.7 Å². The van der Waals surface area contributed by atoms with Gasteiger partial charge in [0.2, 0.25) is 11.8 Å². The van der Waals surface area contributed by atoms with E-state index in [1.165, 1.54) is 38.8 Å². The summed E-state index contributed by atoms with van der Waals surface area (Å²) < 4.78 is 5.43. The summed E-state index contributed by atoms with van der Waals surface area (Å²) in [6, 6.07) is -0.390. The van der Waals surface area contributed by atoms with Crippen molar-refractivity contribution >= 4 is 5.91 Å². The van der Waals surface area contributed by atoms with Crippen molar-refractivity contribution in [2.24, 2.45) is 5.73 Å². The van der Waals surface area contributed by atoms with Crippen LogP contribution in [0.25, 0.3) is 0 Å². The minimum atomic E-state index is -0.390. The number of aromatic nitrogens is 2. The van der Waals surface area contributed by atoms with Crippen LogP contribution in [0, 0.1) is 0 Å². The van der Waals surface area contributed by atoms with Gasteiger partial charge < -0.3 is 15.2 Å². The molecule has 1 aromatic rings. The fourth-order valence-electron chi connectivity index (χ4n) is 4.69. The van der Waals surface area contributed by atoms with Gasteiger partial charge in [-0.15, -0.1) is 0 Å². The number of likely N-dealkylation sites (tertiary alicyclic amines) is 1. The Hall–Kier alpha value is -1.47. The van der Waals surface area contributed by atoms with Crippen molar-refractivity contribution in [2.45, 2.75) is 69.5 Å². The van der Waals surface area contributed by atoms with Crippen molar-refractivity contribution in [3.8, 4) is 0 Å². The summed E-state index contributed by atoms with van der Waals surface area (Å²) in [5, 5.41) is 4.19. The van der Waals surface area contributed by atoms with Crippen LogP contribution in [0.3, 0.4) is 0 Å². The van der Waals surface area contributed by atoms with Gasteiger partial charge in [-0.2, -0.15) is 4.98 Å². The number of fused-ring (bicyclic) bond motifs is 1. The van der Waals surface area contributed by atoms with E-state index < -0.39 is 0 Å². The highest BCUT2D eigenvalue weighted by molar-refractivity contribution is 5.81. The van der Waals surface area contributed by atoms with Crippen LogP contribution in [-0.4, -0.2) is 57.1 Å². The normalized spacial score (nSPS) is 27.5. The van der Waals surface area contributed by atoms with E-state index in [1.54, 1.807) is 4.90 Å². The number of hydrogen-bond acceptors (Lipinski definition) is 6. The molecule has 1 aromatic heterocycles. The number of rotatable bonds is 4. The molecule has 24 heavy (non-hydrogen) atoms. The van der Waals surface area contributed by atoms with E-state index in [9.17, 15) is 4.79 Å². The molecule has 4 rings (SSSR count). The van der Waals surface area contributed by atoms with Crippen LogP contribution < -0.4 is 5.73 Å². The Kier molecular flexibility index (Phi) is 4.30. The van der Waals surface area contributed by atoms with Crippen molar-refractivity contribution in [3.63, 3.8) is 0 Å². The van der Waals surface area contributed by atoms with Gasteiger partial charge in [-0.25, -0.2) is 0 Å². The first-order valence-electron chi connectivity index (χ1n) is 9.27. The Balaban J connectivity index is 1.42. The third-order valence-corrected chi connectivity index (χ3v) is 5.96. The molecule has 2 N–H and O–H groups in total. The van der Waals surface area contributed by atoms with Gasteiger partial charge in [0.1, 0.15) is 6.54 Å². The number of carbonyl (C=O) groups is 1. The standard InChI is InChI=1S/C17H27N5O2/c18-13-5-1-2-8-21(16(13)23)12-15-19-14(20-24-15)11-17-6-3-9-22(17)10-4-7-17/h13H,1-12,18H2. The molecule has 0 aromatic carbocycles. The zero-order valence-corrected chi connectivity index (χ0v) is 14.2. The van der Waals surface area contributed by atoms with Gasteiger partial charge >= 0.3 is 0 Å². The molecule has 1 amide bonds. The van der Waals surface area contributed by atoms with E-state index in [0.717, 1.165) is 38.1 Å². The quantitative estimate of drug-likeness (QED) is 0.887. The number of amides is 1. The Labute approximate surface area is 142 Å². The van der Waals surface area contributed by atoms with E-state index >= 15 is 0 Å². The summed E-state index contributed by atoms with van der Waals surface area (Å²) in [7, 11) is 0. The third-order valence-electron chi connectivity index (χ3n) is 5.96. The molecular formula is C17H27N5O2. The van der Waals surface area contributed by atoms with Crippen molar-refractivity contribution in [1.29, 1.82) is 0 Å². The predicted molar refractivity (Wildman–Crippen MR) is 88.0 cm³/mol. The van der Waals surface area contributed by atoms with Crippen LogP contribution in [0.5, 0.6) is 0 Å². The van der Waals surface area contributed by atoms with Gasteiger partial charge in [0.15, 0.2) is 5.82 Å². The van der Waals surface area contributed by atoms with E-state index in [0.29, 0.717) is 12.4 Å². The summed E-state index contributed by atoms with van der Waals surface area (Å²) in [5.41, 5.74) is 6.18. The maximum atomic E-state index is 12.3. The van der Waals surface area contributed by atoms with Crippen LogP contribution in [0.4, 0.5) is 0 Å². The lowest BCUT2D eigenvalue weighted by Crippen LogP contribution is -2.42. The number of nitrogens with two attached hydrogens (primary N) is 1. The minimum absolute atomic E-state index is 0.00334. The lowest BCUT2D eigenvalue weighted by Gasteiger charge is -2.30. The topological polar surface area (TPSA) is 88.5 Å². The van der Waals surface area contributed by atoms with Gasteiger partial charge in [0, 0.05) is 18.5 Å². The molecule has 3 aliphatic rings. The molecule has 3 saturated heterocycles. The summed E-state index contributed by atoms with van der Waals surface area (Å²) in [6.45, 7) is 3.51. The lowest BCUT2D eigenvalue weighted by molar-refractivity contribution is -0.133. The largest absolute Gasteiger partial charge is 0.337 e. The molecule has 132 valence electrons. The number of carbonyl (C=O) groups excluding carboxylic acids is 1. The second-order valence-corrected chi connectivity index (χ2v) is 7.56. The van der Waals surface area contributed by atoms with E-state index in [4.69, 9.17) is 10.3 Å². The van der Waals surface area contributed by atoms with E-state index in [2.05, 4.69) is 15.0 Å². The van der Waals surface area contributed by atoms with Gasteiger partial charge in [-0.1, -0.05) is 5.16 Å². The monoisotopic (exact) mass is 333 g/mol. The average molecular weight is 333 g/mol. The summed E-state index contributed by atoms with van der Waals surface area (Å²) in [6.07, 6.45) is 8.62. The van der Waals surface area contributed by atoms with Crippen LogP contribution >= 0.6 is 0 Å². The summed E-state index contributed by atoms with van der Waals surface area (Å²) >= 11 is 0. The van der Waals surface area contributed by atoms with Gasteiger partial charge in [0.25, 0.3) is 0 Å². The highest BCUT2D eigenvalue weighted by Gasteiger charge is 2.45. The third kappa shape index (κ3) is 2.95. The molecule has 3 aliphatic heterocycles. The van der Waals surface area contributed by atoms with Crippen LogP contribution in [0.1, 0.15) is 56.7 Å². The second kappa shape index (κ2) is 6.44. The molecule has 1 unspecified atom stereocenters. The number of hydrogen-bond donors (Lipinski definition) is 1. The fraction of sp³-hybridized carbons (Fsp3) is 0.824. The molecule has 0 aliphatic carbocycles. The van der Waals surface area contributed by atoms with Crippen LogP contribution in [-0.2, 0) is 17.8 Å². The highest BCUT2D eigenvalue weighted by Crippen LogP contribution is 2.40. The average Bonchev–Trinajstić information content (AvgIpc) is 3.22. The molecule has 3 fully saturated rings. The molecule has 7 heteroatoms. The molecule has 0 spiro atoms.